The number of carbonyl (C=O) groups excluding carboxylic acids is 2. The van der Waals surface area contributed by atoms with Crippen molar-refractivity contribution in [2.75, 3.05) is 37.6 Å². The summed E-state index contributed by atoms with van der Waals surface area (Å²) in [6, 6.07) is 9.50. The molecule has 3 amide bonds. The Hall–Kier alpha value is -3.16. The van der Waals surface area contributed by atoms with E-state index in [1.807, 2.05) is 36.1 Å². The van der Waals surface area contributed by atoms with Crippen molar-refractivity contribution in [1.29, 1.82) is 0 Å². The summed E-state index contributed by atoms with van der Waals surface area (Å²) >= 11 is 0. The number of rotatable bonds is 5. The number of benzene rings is 1. The Morgan fingerprint density at radius 1 is 1.10 bits per heavy atom. The van der Waals surface area contributed by atoms with Crippen molar-refractivity contribution in [2.45, 2.75) is 25.9 Å². The first kappa shape index (κ1) is 19.2. The summed E-state index contributed by atoms with van der Waals surface area (Å²) in [6.07, 6.45) is 4.65. The van der Waals surface area contributed by atoms with Crippen LogP contribution >= 0.6 is 0 Å². The predicted octanol–water partition coefficient (Wildman–Crippen LogP) is 2.10. The average molecular weight is 395 g/mol. The van der Waals surface area contributed by atoms with E-state index in [2.05, 4.69) is 9.97 Å². The molecule has 0 atom stereocenters. The summed E-state index contributed by atoms with van der Waals surface area (Å²) in [5.74, 6) is 0.549. The summed E-state index contributed by atoms with van der Waals surface area (Å²) in [4.78, 5) is 38.6. The molecule has 1 aromatic heterocycles. The van der Waals surface area contributed by atoms with Gasteiger partial charge in [-0.15, -0.1) is 0 Å². The van der Waals surface area contributed by atoms with Crippen molar-refractivity contribution >= 4 is 17.6 Å². The number of nitrogens with zero attached hydrogens (tertiary/aromatic N) is 5. The van der Waals surface area contributed by atoms with Crippen LogP contribution in [0.1, 0.15) is 18.4 Å². The second-order valence-corrected chi connectivity index (χ2v) is 7.44. The molecule has 1 aromatic carbocycles. The largest absolute Gasteiger partial charge is 0.474 e. The summed E-state index contributed by atoms with van der Waals surface area (Å²) in [7, 11) is 0. The maximum atomic E-state index is 12.7. The first-order valence-electron chi connectivity index (χ1n) is 9.94. The van der Waals surface area contributed by atoms with Gasteiger partial charge in [-0.05, 0) is 19.1 Å². The van der Waals surface area contributed by atoms with E-state index in [-0.39, 0.29) is 24.6 Å². The van der Waals surface area contributed by atoms with Gasteiger partial charge in [0, 0.05) is 57.0 Å². The minimum Gasteiger partial charge on any atom is -0.474 e. The fourth-order valence-corrected chi connectivity index (χ4v) is 3.70. The van der Waals surface area contributed by atoms with E-state index in [4.69, 9.17) is 4.74 Å². The van der Waals surface area contributed by atoms with E-state index in [0.717, 1.165) is 24.1 Å². The highest BCUT2D eigenvalue weighted by Gasteiger charge is 2.33. The van der Waals surface area contributed by atoms with Gasteiger partial charge in [-0.2, -0.15) is 0 Å². The van der Waals surface area contributed by atoms with Crippen LogP contribution in [0, 0.1) is 6.92 Å². The molecule has 2 aliphatic rings. The maximum absolute atomic E-state index is 12.7. The Morgan fingerprint density at radius 2 is 1.86 bits per heavy atom. The van der Waals surface area contributed by atoms with Gasteiger partial charge in [0.2, 0.25) is 11.8 Å². The van der Waals surface area contributed by atoms with Gasteiger partial charge in [-0.25, -0.2) is 14.8 Å². The minimum absolute atomic E-state index is 0.00964. The van der Waals surface area contributed by atoms with E-state index < -0.39 is 0 Å². The lowest BCUT2D eigenvalue weighted by Crippen LogP contribution is -2.47. The Balaban J connectivity index is 1.27. The first-order chi connectivity index (χ1) is 14.1. The van der Waals surface area contributed by atoms with Crippen LogP contribution < -0.4 is 9.64 Å². The highest BCUT2D eigenvalue weighted by Crippen LogP contribution is 2.21. The molecule has 2 fully saturated rings. The fraction of sp³-hybridized carbons (Fsp3) is 0.429. The zero-order valence-electron chi connectivity index (χ0n) is 16.5. The number of aryl methyl sites for hydroxylation is 1. The standard InChI is InChI=1S/C21H25N5O3/c1-16-2-4-17(5-3-16)26-13-12-25(21(26)28)14-20(27)24-10-7-18(8-11-24)29-19-6-9-22-15-23-19/h2-6,9,15,18H,7-8,10-14H2,1H3. The molecule has 0 aliphatic carbocycles. The van der Waals surface area contributed by atoms with Gasteiger partial charge in [0.15, 0.2) is 0 Å². The first-order valence-corrected chi connectivity index (χ1v) is 9.94. The van der Waals surface area contributed by atoms with Crippen molar-refractivity contribution in [3.8, 4) is 5.88 Å². The van der Waals surface area contributed by atoms with E-state index in [1.165, 1.54) is 6.33 Å². The second-order valence-electron chi connectivity index (χ2n) is 7.44. The third-order valence-electron chi connectivity index (χ3n) is 5.40. The molecule has 3 heterocycles. The summed E-state index contributed by atoms with van der Waals surface area (Å²) in [6.45, 7) is 4.55. The predicted molar refractivity (Wildman–Crippen MR) is 108 cm³/mol. The zero-order valence-corrected chi connectivity index (χ0v) is 16.5. The molecular weight excluding hydrogens is 370 g/mol. The van der Waals surface area contributed by atoms with Crippen LogP contribution in [-0.4, -0.2) is 70.5 Å². The lowest BCUT2D eigenvalue weighted by atomic mass is 10.1. The van der Waals surface area contributed by atoms with Crippen LogP contribution in [-0.2, 0) is 4.79 Å². The van der Waals surface area contributed by atoms with Gasteiger partial charge in [0.05, 0.1) is 0 Å². The van der Waals surface area contributed by atoms with Gasteiger partial charge in [-0.1, -0.05) is 17.7 Å². The Morgan fingerprint density at radius 3 is 2.55 bits per heavy atom. The summed E-state index contributed by atoms with van der Waals surface area (Å²) < 4.78 is 5.84. The van der Waals surface area contributed by atoms with Crippen LogP contribution in [0.2, 0.25) is 0 Å². The molecule has 2 aliphatic heterocycles. The lowest BCUT2D eigenvalue weighted by Gasteiger charge is -2.32. The highest BCUT2D eigenvalue weighted by atomic mass is 16.5. The number of carbonyl (C=O) groups is 2. The van der Waals surface area contributed by atoms with Crippen molar-refractivity contribution in [3.05, 3.63) is 48.4 Å². The number of likely N-dealkylation sites (tertiary alicyclic amines) is 1. The van der Waals surface area contributed by atoms with Gasteiger partial charge in [0.1, 0.15) is 19.0 Å². The van der Waals surface area contributed by atoms with Crippen LogP contribution in [0.5, 0.6) is 5.88 Å². The second kappa shape index (κ2) is 8.46. The van der Waals surface area contributed by atoms with Crippen molar-refractivity contribution in [1.82, 2.24) is 19.8 Å². The van der Waals surface area contributed by atoms with Crippen molar-refractivity contribution < 1.29 is 14.3 Å². The van der Waals surface area contributed by atoms with Gasteiger partial charge >= 0.3 is 6.03 Å². The van der Waals surface area contributed by atoms with E-state index in [0.29, 0.717) is 32.1 Å². The molecule has 29 heavy (non-hydrogen) atoms. The third-order valence-corrected chi connectivity index (χ3v) is 5.40. The molecule has 0 saturated carbocycles. The van der Waals surface area contributed by atoms with E-state index >= 15 is 0 Å². The highest BCUT2D eigenvalue weighted by molar-refractivity contribution is 5.96. The van der Waals surface area contributed by atoms with Gasteiger partial charge < -0.3 is 14.5 Å². The van der Waals surface area contributed by atoms with Crippen molar-refractivity contribution in [3.63, 3.8) is 0 Å². The monoisotopic (exact) mass is 395 g/mol. The summed E-state index contributed by atoms with van der Waals surface area (Å²) in [5.41, 5.74) is 2.03. The normalized spacial score (nSPS) is 17.7. The quantitative estimate of drug-likeness (QED) is 0.775. The molecule has 0 radical (unpaired) electrons. The van der Waals surface area contributed by atoms with Gasteiger partial charge in [0.25, 0.3) is 0 Å². The summed E-state index contributed by atoms with van der Waals surface area (Å²) in [5, 5.41) is 0. The molecule has 8 heteroatoms. The molecule has 4 rings (SSSR count). The molecule has 0 unspecified atom stereocenters. The number of urea groups is 1. The number of hydrogen-bond donors (Lipinski definition) is 0. The Kier molecular flexibility index (Phi) is 5.59. The molecule has 0 bridgehead atoms. The number of aromatic nitrogens is 2. The molecule has 8 nitrogen and oxygen atoms in total. The Labute approximate surface area is 170 Å². The molecule has 0 N–H and O–H groups in total. The molecule has 152 valence electrons. The SMILES string of the molecule is Cc1ccc(N2CCN(CC(=O)N3CCC(Oc4ccncn4)CC3)C2=O)cc1. The molecule has 2 aromatic rings. The zero-order chi connectivity index (χ0) is 20.2. The van der Waals surface area contributed by atoms with Crippen molar-refractivity contribution in [2.24, 2.45) is 0 Å². The van der Waals surface area contributed by atoms with Crippen LogP contribution in [0.25, 0.3) is 0 Å². The Bertz CT molecular complexity index is 850. The number of piperidine rings is 1. The molecular formula is C21H25N5O3. The lowest BCUT2D eigenvalue weighted by molar-refractivity contribution is -0.133. The van der Waals surface area contributed by atoms with Gasteiger partial charge in [-0.3, -0.25) is 9.69 Å². The number of ether oxygens (including phenoxy) is 1. The number of amides is 3. The number of hydrogen-bond acceptors (Lipinski definition) is 5. The van der Waals surface area contributed by atoms with E-state index in [1.54, 1.807) is 22.1 Å². The smallest absolute Gasteiger partial charge is 0.325 e. The van der Waals surface area contributed by atoms with E-state index in [9.17, 15) is 9.59 Å². The topological polar surface area (TPSA) is 78.9 Å². The van der Waals surface area contributed by atoms with Crippen LogP contribution in [0.4, 0.5) is 10.5 Å². The maximum Gasteiger partial charge on any atom is 0.325 e. The minimum atomic E-state index is -0.107. The average Bonchev–Trinajstić information content (AvgIpc) is 3.10. The third kappa shape index (κ3) is 4.47. The van der Waals surface area contributed by atoms with Crippen LogP contribution in [0.3, 0.4) is 0 Å². The molecule has 2 saturated heterocycles. The fourth-order valence-electron chi connectivity index (χ4n) is 3.70. The molecule has 0 spiro atoms. The van der Waals surface area contributed by atoms with Crippen LogP contribution in [0.15, 0.2) is 42.9 Å². The number of anilines is 1.